The number of hydrazine groups is 1. The molecule has 0 aliphatic rings. The molecule has 5 nitrogen and oxygen atoms in total. The maximum Gasteiger partial charge on any atom is 0.239 e. The lowest BCUT2D eigenvalue weighted by atomic mass is 10.1. The van der Waals surface area contributed by atoms with Crippen LogP contribution >= 0.6 is 0 Å². The van der Waals surface area contributed by atoms with Crippen molar-refractivity contribution in [2.24, 2.45) is 5.84 Å². The zero-order chi connectivity index (χ0) is 14.8. The summed E-state index contributed by atoms with van der Waals surface area (Å²) in [5.41, 5.74) is 6.77. The fraction of sp³-hybridized carbons (Fsp3) is 0.125. The number of nitrogens with two attached hydrogens (primary N) is 1. The normalized spacial score (nSPS) is 10.6. The second-order valence-corrected chi connectivity index (χ2v) is 5.00. The lowest BCUT2D eigenvalue weighted by molar-refractivity contribution is 1.15. The van der Waals surface area contributed by atoms with Crippen LogP contribution in [0.4, 0.5) is 17.5 Å². The van der Waals surface area contributed by atoms with E-state index in [-0.39, 0.29) is 0 Å². The van der Waals surface area contributed by atoms with Gasteiger partial charge in [-0.25, -0.2) is 10.8 Å². The third kappa shape index (κ3) is 2.64. The number of para-hydroxylation sites is 1. The first-order valence-electron chi connectivity index (χ1n) is 6.75. The van der Waals surface area contributed by atoms with Gasteiger partial charge in [-0.2, -0.15) is 4.98 Å². The van der Waals surface area contributed by atoms with Crippen LogP contribution in [0.3, 0.4) is 0 Å². The summed E-state index contributed by atoms with van der Waals surface area (Å²) in [5, 5.41) is 4.33. The minimum atomic E-state index is 0.390. The molecule has 3 aromatic rings. The first-order chi connectivity index (χ1) is 10.2. The van der Waals surface area contributed by atoms with Gasteiger partial charge in [0, 0.05) is 11.1 Å². The van der Waals surface area contributed by atoms with Crippen molar-refractivity contribution in [3.8, 4) is 0 Å². The minimum Gasteiger partial charge on any atom is -0.339 e. The molecule has 5 heteroatoms. The SMILES string of the molecule is Cc1ccc(Nc2nc(NN)nc3ccccc23)c(C)c1. The molecule has 0 amide bonds. The Morgan fingerprint density at radius 1 is 1.00 bits per heavy atom. The van der Waals surface area contributed by atoms with Crippen molar-refractivity contribution in [2.45, 2.75) is 13.8 Å². The van der Waals surface area contributed by atoms with Gasteiger partial charge < -0.3 is 5.32 Å². The summed E-state index contributed by atoms with van der Waals surface area (Å²) in [7, 11) is 0. The number of benzene rings is 2. The van der Waals surface area contributed by atoms with E-state index in [9.17, 15) is 0 Å². The topological polar surface area (TPSA) is 75.9 Å². The van der Waals surface area contributed by atoms with E-state index in [1.165, 1.54) is 11.1 Å². The number of nitrogens with zero attached hydrogens (tertiary/aromatic N) is 2. The second kappa shape index (κ2) is 5.38. The number of nitrogen functional groups attached to an aromatic ring is 1. The van der Waals surface area contributed by atoms with E-state index in [1.807, 2.05) is 24.3 Å². The Hall–Kier alpha value is -2.66. The van der Waals surface area contributed by atoms with Gasteiger partial charge in [0.05, 0.1) is 5.52 Å². The van der Waals surface area contributed by atoms with Gasteiger partial charge in [-0.05, 0) is 37.6 Å². The Morgan fingerprint density at radius 2 is 1.81 bits per heavy atom. The van der Waals surface area contributed by atoms with E-state index in [4.69, 9.17) is 5.84 Å². The maximum atomic E-state index is 5.45. The molecule has 0 saturated carbocycles. The Balaban J connectivity index is 2.10. The molecule has 2 aromatic carbocycles. The highest BCUT2D eigenvalue weighted by Gasteiger charge is 2.08. The van der Waals surface area contributed by atoms with Crippen LogP contribution in [0.15, 0.2) is 42.5 Å². The third-order valence-corrected chi connectivity index (χ3v) is 3.37. The van der Waals surface area contributed by atoms with Crippen LogP contribution < -0.4 is 16.6 Å². The summed E-state index contributed by atoms with van der Waals surface area (Å²) in [5.74, 6) is 6.58. The summed E-state index contributed by atoms with van der Waals surface area (Å²) in [6.07, 6.45) is 0. The molecule has 0 bridgehead atoms. The van der Waals surface area contributed by atoms with Crippen LogP contribution in [-0.2, 0) is 0 Å². The summed E-state index contributed by atoms with van der Waals surface area (Å²) in [4.78, 5) is 8.77. The van der Waals surface area contributed by atoms with Crippen molar-refractivity contribution >= 4 is 28.4 Å². The summed E-state index contributed by atoms with van der Waals surface area (Å²) < 4.78 is 0. The van der Waals surface area contributed by atoms with Gasteiger partial charge in [0.2, 0.25) is 5.95 Å². The van der Waals surface area contributed by atoms with Crippen LogP contribution in [0.25, 0.3) is 10.9 Å². The molecule has 0 radical (unpaired) electrons. The lowest BCUT2D eigenvalue weighted by Crippen LogP contribution is -2.11. The standard InChI is InChI=1S/C16H17N5/c1-10-7-8-13(11(2)9-10)18-15-12-5-3-4-6-14(12)19-16(20-15)21-17/h3-9H,17H2,1-2H3,(H2,18,19,20,21). The van der Waals surface area contributed by atoms with Gasteiger partial charge in [-0.15, -0.1) is 0 Å². The van der Waals surface area contributed by atoms with Crippen molar-refractivity contribution in [1.29, 1.82) is 0 Å². The molecular weight excluding hydrogens is 262 g/mol. The van der Waals surface area contributed by atoms with Gasteiger partial charge in [0.1, 0.15) is 5.82 Å². The summed E-state index contributed by atoms with van der Waals surface area (Å²) >= 11 is 0. The first kappa shape index (κ1) is 13.3. The van der Waals surface area contributed by atoms with Gasteiger partial charge >= 0.3 is 0 Å². The molecule has 4 N–H and O–H groups in total. The maximum absolute atomic E-state index is 5.45. The number of fused-ring (bicyclic) bond motifs is 1. The summed E-state index contributed by atoms with van der Waals surface area (Å²) in [6, 6.07) is 14.1. The highest BCUT2D eigenvalue weighted by atomic mass is 15.3. The zero-order valence-electron chi connectivity index (χ0n) is 12.0. The molecule has 0 atom stereocenters. The van der Waals surface area contributed by atoms with Gasteiger partial charge in [-0.1, -0.05) is 29.8 Å². The van der Waals surface area contributed by atoms with Gasteiger partial charge in [-0.3, -0.25) is 5.43 Å². The predicted octanol–water partition coefficient (Wildman–Crippen LogP) is 3.28. The van der Waals surface area contributed by atoms with Crippen LogP contribution in [0.5, 0.6) is 0 Å². The average molecular weight is 279 g/mol. The van der Waals surface area contributed by atoms with E-state index >= 15 is 0 Å². The van der Waals surface area contributed by atoms with Crippen molar-refractivity contribution in [3.05, 3.63) is 53.6 Å². The quantitative estimate of drug-likeness (QED) is 0.506. The molecule has 0 spiro atoms. The van der Waals surface area contributed by atoms with Crippen molar-refractivity contribution in [3.63, 3.8) is 0 Å². The molecule has 1 heterocycles. The van der Waals surface area contributed by atoms with Crippen LogP contribution in [-0.4, -0.2) is 9.97 Å². The van der Waals surface area contributed by atoms with E-state index in [0.717, 1.165) is 22.4 Å². The molecule has 21 heavy (non-hydrogen) atoms. The number of hydrogen-bond donors (Lipinski definition) is 3. The summed E-state index contributed by atoms with van der Waals surface area (Å²) in [6.45, 7) is 4.15. The number of aromatic nitrogens is 2. The molecule has 3 rings (SSSR count). The molecular formula is C16H17N5. The number of aryl methyl sites for hydroxylation is 2. The average Bonchev–Trinajstić information content (AvgIpc) is 2.49. The van der Waals surface area contributed by atoms with E-state index in [2.05, 4.69) is 52.8 Å². The molecule has 106 valence electrons. The van der Waals surface area contributed by atoms with E-state index in [1.54, 1.807) is 0 Å². The number of anilines is 3. The molecule has 0 fully saturated rings. The van der Waals surface area contributed by atoms with Crippen LogP contribution in [0.2, 0.25) is 0 Å². The fourth-order valence-electron chi connectivity index (χ4n) is 2.32. The monoisotopic (exact) mass is 279 g/mol. The van der Waals surface area contributed by atoms with Gasteiger partial charge in [0.25, 0.3) is 0 Å². The molecule has 1 aromatic heterocycles. The largest absolute Gasteiger partial charge is 0.339 e. The van der Waals surface area contributed by atoms with Crippen LogP contribution in [0, 0.1) is 13.8 Å². The number of rotatable bonds is 3. The second-order valence-electron chi connectivity index (χ2n) is 5.00. The van der Waals surface area contributed by atoms with Crippen molar-refractivity contribution in [1.82, 2.24) is 9.97 Å². The molecule has 0 aliphatic heterocycles. The number of hydrogen-bond acceptors (Lipinski definition) is 5. The Kier molecular flexibility index (Phi) is 3.41. The first-order valence-corrected chi connectivity index (χ1v) is 6.75. The molecule has 0 saturated heterocycles. The fourth-order valence-corrected chi connectivity index (χ4v) is 2.32. The highest BCUT2D eigenvalue weighted by Crippen LogP contribution is 2.26. The Labute approximate surface area is 123 Å². The van der Waals surface area contributed by atoms with E-state index in [0.29, 0.717) is 5.95 Å². The third-order valence-electron chi connectivity index (χ3n) is 3.37. The minimum absolute atomic E-state index is 0.390. The van der Waals surface area contributed by atoms with Crippen LogP contribution in [0.1, 0.15) is 11.1 Å². The number of nitrogens with one attached hydrogen (secondary N) is 2. The predicted molar refractivity (Wildman–Crippen MR) is 86.5 cm³/mol. The highest BCUT2D eigenvalue weighted by molar-refractivity contribution is 5.91. The molecule has 0 unspecified atom stereocenters. The lowest BCUT2D eigenvalue weighted by Gasteiger charge is -2.12. The van der Waals surface area contributed by atoms with Crippen molar-refractivity contribution < 1.29 is 0 Å². The smallest absolute Gasteiger partial charge is 0.239 e. The van der Waals surface area contributed by atoms with Gasteiger partial charge in [0.15, 0.2) is 0 Å². The van der Waals surface area contributed by atoms with Crippen molar-refractivity contribution in [2.75, 3.05) is 10.7 Å². The van der Waals surface area contributed by atoms with E-state index < -0.39 is 0 Å². The Bertz CT molecular complexity index is 798. The molecule has 0 aliphatic carbocycles. The zero-order valence-corrected chi connectivity index (χ0v) is 12.0. The Morgan fingerprint density at radius 3 is 2.57 bits per heavy atom.